The second-order valence-corrected chi connectivity index (χ2v) is 4.58. The van der Waals surface area contributed by atoms with Gasteiger partial charge < -0.3 is 19.7 Å². The summed E-state index contributed by atoms with van der Waals surface area (Å²) in [5.41, 5.74) is 1.01. The van der Waals surface area contributed by atoms with E-state index >= 15 is 0 Å². The van der Waals surface area contributed by atoms with Crippen molar-refractivity contribution in [3.05, 3.63) is 24.0 Å². The topological polar surface area (TPSA) is 46.6 Å². The Morgan fingerprint density at radius 1 is 1.56 bits per heavy atom. The second kappa shape index (κ2) is 6.68. The summed E-state index contributed by atoms with van der Waals surface area (Å²) in [5, 5.41) is 3.06. The Balaban J connectivity index is 1.78. The molecular weight excluding hydrogens is 230 g/mol. The Bertz CT molecular complexity index is 356. The minimum Gasteiger partial charge on any atom is -0.489 e. The van der Waals surface area contributed by atoms with Crippen molar-refractivity contribution in [1.82, 2.24) is 15.2 Å². The summed E-state index contributed by atoms with van der Waals surface area (Å²) in [6, 6.07) is 3.92. The van der Waals surface area contributed by atoms with E-state index < -0.39 is 0 Å². The quantitative estimate of drug-likeness (QED) is 0.826. The summed E-state index contributed by atoms with van der Waals surface area (Å²) in [7, 11) is 4.01. The number of nitrogens with one attached hydrogen (secondary N) is 1. The van der Waals surface area contributed by atoms with Crippen LogP contribution >= 0.6 is 0 Å². The number of hydrogen-bond donors (Lipinski definition) is 1. The first-order valence-corrected chi connectivity index (χ1v) is 6.30. The molecule has 100 valence electrons. The summed E-state index contributed by atoms with van der Waals surface area (Å²) in [6.07, 6.45) is 1.92. The molecule has 5 nitrogen and oxygen atoms in total. The van der Waals surface area contributed by atoms with Crippen LogP contribution in [0, 0.1) is 0 Å². The first-order chi connectivity index (χ1) is 8.78. The third-order valence-electron chi connectivity index (χ3n) is 2.93. The van der Waals surface area contributed by atoms with Gasteiger partial charge in [-0.15, -0.1) is 0 Å². The zero-order valence-corrected chi connectivity index (χ0v) is 11.1. The summed E-state index contributed by atoms with van der Waals surface area (Å²) < 4.78 is 11.3. The van der Waals surface area contributed by atoms with Crippen molar-refractivity contribution in [1.29, 1.82) is 0 Å². The highest BCUT2D eigenvalue weighted by atomic mass is 16.5. The molecule has 1 aliphatic heterocycles. The molecule has 5 heteroatoms. The number of rotatable bonds is 5. The second-order valence-electron chi connectivity index (χ2n) is 4.58. The van der Waals surface area contributed by atoms with Gasteiger partial charge >= 0.3 is 0 Å². The predicted octanol–water partition coefficient (Wildman–Crippen LogP) is 0.510. The molecule has 1 fully saturated rings. The van der Waals surface area contributed by atoms with E-state index in [4.69, 9.17) is 9.47 Å². The fourth-order valence-corrected chi connectivity index (χ4v) is 1.94. The first kappa shape index (κ1) is 13.3. The average molecular weight is 251 g/mol. The maximum atomic E-state index is 5.69. The van der Waals surface area contributed by atoms with Crippen molar-refractivity contribution in [2.45, 2.75) is 12.6 Å². The Kier molecular flexibility index (Phi) is 4.92. The van der Waals surface area contributed by atoms with Gasteiger partial charge in [0.1, 0.15) is 18.5 Å². The highest BCUT2D eigenvalue weighted by Crippen LogP contribution is 2.11. The van der Waals surface area contributed by atoms with Crippen LogP contribution in [0.5, 0.6) is 5.75 Å². The third-order valence-corrected chi connectivity index (χ3v) is 2.93. The molecule has 0 saturated carbocycles. The van der Waals surface area contributed by atoms with Gasteiger partial charge in [-0.3, -0.25) is 4.98 Å². The summed E-state index contributed by atoms with van der Waals surface area (Å²) in [5.74, 6) is 0.798. The Morgan fingerprint density at radius 2 is 2.44 bits per heavy atom. The maximum Gasteiger partial charge on any atom is 0.137 e. The monoisotopic (exact) mass is 251 g/mol. The number of aromatic nitrogens is 1. The molecular formula is C13H21N3O2. The molecule has 1 aromatic heterocycles. The van der Waals surface area contributed by atoms with Gasteiger partial charge in [0.2, 0.25) is 0 Å². The molecule has 0 bridgehead atoms. The van der Waals surface area contributed by atoms with Crippen molar-refractivity contribution in [3.63, 3.8) is 0 Å². The molecule has 1 saturated heterocycles. The van der Waals surface area contributed by atoms with Crippen LogP contribution in [0.4, 0.5) is 0 Å². The molecule has 2 rings (SSSR count). The highest BCUT2D eigenvalue weighted by molar-refractivity contribution is 5.19. The maximum absolute atomic E-state index is 5.69. The highest BCUT2D eigenvalue weighted by Gasteiger charge is 2.18. The lowest BCUT2D eigenvalue weighted by atomic mass is 10.3. The van der Waals surface area contributed by atoms with Crippen LogP contribution in [0.25, 0.3) is 0 Å². The van der Waals surface area contributed by atoms with Gasteiger partial charge in [-0.1, -0.05) is 0 Å². The van der Waals surface area contributed by atoms with E-state index in [0.717, 1.165) is 37.7 Å². The van der Waals surface area contributed by atoms with Crippen molar-refractivity contribution < 1.29 is 9.47 Å². The van der Waals surface area contributed by atoms with Gasteiger partial charge in [0.15, 0.2) is 0 Å². The molecule has 1 aromatic rings. The zero-order valence-electron chi connectivity index (χ0n) is 11.1. The molecule has 1 unspecified atom stereocenters. The number of morpholine rings is 1. The van der Waals surface area contributed by atoms with E-state index in [1.165, 1.54) is 0 Å². The van der Waals surface area contributed by atoms with E-state index in [1.54, 1.807) is 6.20 Å². The largest absolute Gasteiger partial charge is 0.489 e. The minimum absolute atomic E-state index is 0.153. The molecule has 1 N–H and O–H groups in total. The normalized spacial score (nSPS) is 20.9. The van der Waals surface area contributed by atoms with E-state index in [2.05, 4.69) is 22.2 Å². The van der Waals surface area contributed by atoms with E-state index in [0.29, 0.717) is 6.61 Å². The SMILES string of the molecule is CNCc1ccc(OCC2CN(C)CCO2)cn1. The Morgan fingerprint density at radius 3 is 3.11 bits per heavy atom. The van der Waals surface area contributed by atoms with Gasteiger partial charge in [0, 0.05) is 19.6 Å². The van der Waals surface area contributed by atoms with Crippen molar-refractivity contribution in [2.24, 2.45) is 0 Å². The molecule has 0 radical (unpaired) electrons. The van der Waals surface area contributed by atoms with Crippen LogP contribution in [-0.2, 0) is 11.3 Å². The molecule has 0 spiro atoms. The number of hydrogen-bond acceptors (Lipinski definition) is 5. The molecule has 0 aliphatic carbocycles. The van der Waals surface area contributed by atoms with Crippen molar-refractivity contribution >= 4 is 0 Å². The molecule has 1 aliphatic rings. The summed E-state index contributed by atoms with van der Waals surface area (Å²) in [6.45, 7) is 4.06. The number of likely N-dealkylation sites (N-methyl/N-ethyl adjacent to an activating group) is 1. The molecule has 0 aromatic carbocycles. The molecule has 1 atom stereocenters. The molecule has 18 heavy (non-hydrogen) atoms. The van der Waals surface area contributed by atoms with Crippen LogP contribution in [0.3, 0.4) is 0 Å². The van der Waals surface area contributed by atoms with Gasteiger partial charge in [0.05, 0.1) is 18.5 Å². The van der Waals surface area contributed by atoms with Crippen LogP contribution in [0.1, 0.15) is 5.69 Å². The van der Waals surface area contributed by atoms with Crippen LogP contribution in [0.2, 0.25) is 0 Å². The summed E-state index contributed by atoms with van der Waals surface area (Å²) in [4.78, 5) is 6.56. The number of ether oxygens (including phenoxy) is 2. The van der Waals surface area contributed by atoms with Crippen molar-refractivity contribution in [3.8, 4) is 5.75 Å². The first-order valence-electron chi connectivity index (χ1n) is 6.30. The van der Waals surface area contributed by atoms with Gasteiger partial charge in [-0.25, -0.2) is 0 Å². The average Bonchev–Trinajstić information content (AvgIpc) is 2.38. The Labute approximate surface area is 108 Å². The molecule has 0 amide bonds. The van der Waals surface area contributed by atoms with Crippen LogP contribution in [0.15, 0.2) is 18.3 Å². The van der Waals surface area contributed by atoms with Crippen LogP contribution < -0.4 is 10.1 Å². The van der Waals surface area contributed by atoms with Gasteiger partial charge in [-0.05, 0) is 26.2 Å². The van der Waals surface area contributed by atoms with E-state index in [9.17, 15) is 0 Å². The fraction of sp³-hybridized carbons (Fsp3) is 0.615. The minimum atomic E-state index is 0.153. The fourth-order valence-electron chi connectivity index (χ4n) is 1.94. The van der Waals surface area contributed by atoms with Gasteiger partial charge in [-0.2, -0.15) is 0 Å². The van der Waals surface area contributed by atoms with E-state index in [1.807, 2.05) is 19.2 Å². The summed E-state index contributed by atoms with van der Waals surface area (Å²) >= 11 is 0. The Hall–Kier alpha value is -1.17. The zero-order chi connectivity index (χ0) is 12.8. The number of pyridine rings is 1. The molecule has 2 heterocycles. The van der Waals surface area contributed by atoms with Crippen molar-refractivity contribution in [2.75, 3.05) is 40.4 Å². The van der Waals surface area contributed by atoms with Gasteiger partial charge in [0.25, 0.3) is 0 Å². The smallest absolute Gasteiger partial charge is 0.137 e. The van der Waals surface area contributed by atoms with E-state index in [-0.39, 0.29) is 6.10 Å². The number of nitrogens with zero attached hydrogens (tertiary/aromatic N) is 2. The lowest BCUT2D eigenvalue weighted by molar-refractivity contribution is -0.0404. The lowest BCUT2D eigenvalue weighted by Gasteiger charge is -2.29. The van der Waals surface area contributed by atoms with Crippen LogP contribution in [-0.4, -0.2) is 56.4 Å². The standard InChI is InChI=1S/C13H21N3O2/c1-14-7-11-3-4-12(8-15-11)18-10-13-9-16(2)5-6-17-13/h3-4,8,13-14H,5-7,9-10H2,1-2H3. The lowest BCUT2D eigenvalue weighted by Crippen LogP contribution is -2.42. The third kappa shape index (κ3) is 3.94. The predicted molar refractivity (Wildman–Crippen MR) is 69.7 cm³/mol.